The summed E-state index contributed by atoms with van der Waals surface area (Å²) in [6.07, 6.45) is 0.712. The highest BCUT2D eigenvalue weighted by Gasteiger charge is 2.27. The number of hydrogen-bond acceptors (Lipinski definition) is 3. The van der Waals surface area contributed by atoms with Gasteiger partial charge >= 0.3 is 0 Å². The number of hydrogen-bond donors (Lipinski definition) is 0. The summed E-state index contributed by atoms with van der Waals surface area (Å²) in [5, 5.41) is 0.652. The van der Waals surface area contributed by atoms with Crippen LogP contribution in [0.5, 0.6) is 5.75 Å². The number of rotatable bonds is 4. The summed E-state index contributed by atoms with van der Waals surface area (Å²) in [5.41, 5.74) is 0. The molecule has 0 atom stereocenters. The maximum absolute atomic E-state index is 11.5. The lowest BCUT2D eigenvalue weighted by atomic mass is 10.3. The third-order valence-electron chi connectivity index (χ3n) is 2.63. The van der Waals surface area contributed by atoms with E-state index >= 15 is 0 Å². The van der Waals surface area contributed by atoms with Crippen LogP contribution < -0.4 is 4.74 Å². The van der Waals surface area contributed by atoms with Crippen LogP contribution in [0.4, 0.5) is 0 Å². The van der Waals surface area contributed by atoms with Crippen molar-refractivity contribution in [3.05, 3.63) is 29.3 Å². The molecule has 0 amide bonds. The fourth-order valence-corrected chi connectivity index (χ4v) is 3.38. The summed E-state index contributed by atoms with van der Waals surface area (Å²) in [4.78, 5) is 0. The van der Waals surface area contributed by atoms with Gasteiger partial charge in [-0.05, 0) is 30.7 Å². The molecule has 94 valence electrons. The molecule has 0 spiro atoms. The molecule has 2 rings (SSSR count). The van der Waals surface area contributed by atoms with E-state index in [-0.39, 0.29) is 5.75 Å². The molecular weight excluding hydrogens is 262 g/mol. The molecule has 6 heteroatoms. The Labute approximate surface area is 106 Å². The molecule has 0 N–H and O–H groups in total. The fourth-order valence-electron chi connectivity index (χ4n) is 1.74. The van der Waals surface area contributed by atoms with Crippen LogP contribution in [0.25, 0.3) is 0 Å². The standard InChI is InChI=1S/C11H14ClNO3S/c12-10-2-4-11(5-3-10)16-8-7-13-6-1-9-17(13,14)15/h2-5H,1,6-9H2. The minimum atomic E-state index is -3.02. The van der Waals surface area contributed by atoms with Gasteiger partial charge in [0.25, 0.3) is 0 Å². The molecule has 0 unspecified atom stereocenters. The SMILES string of the molecule is O=S1(=O)CCCN1CCOc1ccc(Cl)cc1. The van der Waals surface area contributed by atoms with Gasteiger partial charge in [0.2, 0.25) is 10.0 Å². The number of ether oxygens (including phenoxy) is 1. The normalized spacial score (nSPS) is 19.4. The van der Waals surface area contributed by atoms with Crippen LogP contribution in [0.3, 0.4) is 0 Å². The lowest BCUT2D eigenvalue weighted by molar-refractivity contribution is 0.279. The van der Waals surface area contributed by atoms with Crippen molar-refractivity contribution < 1.29 is 13.2 Å². The third-order valence-corrected chi connectivity index (χ3v) is 4.83. The Morgan fingerprint density at radius 1 is 1.29 bits per heavy atom. The first-order valence-corrected chi connectivity index (χ1v) is 7.43. The van der Waals surface area contributed by atoms with Crippen molar-refractivity contribution in [2.45, 2.75) is 6.42 Å². The zero-order chi connectivity index (χ0) is 12.3. The van der Waals surface area contributed by atoms with Crippen LogP contribution in [-0.2, 0) is 10.0 Å². The van der Waals surface area contributed by atoms with Crippen molar-refractivity contribution in [3.8, 4) is 5.75 Å². The van der Waals surface area contributed by atoms with Crippen LogP contribution in [0.1, 0.15) is 6.42 Å². The molecule has 0 saturated carbocycles. The predicted octanol–water partition coefficient (Wildman–Crippen LogP) is 1.75. The lowest BCUT2D eigenvalue weighted by Crippen LogP contribution is -2.30. The molecule has 0 aromatic heterocycles. The van der Waals surface area contributed by atoms with Crippen LogP contribution >= 0.6 is 11.6 Å². The van der Waals surface area contributed by atoms with E-state index in [9.17, 15) is 8.42 Å². The zero-order valence-electron chi connectivity index (χ0n) is 9.30. The zero-order valence-corrected chi connectivity index (χ0v) is 10.9. The largest absolute Gasteiger partial charge is 0.492 e. The van der Waals surface area contributed by atoms with E-state index in [1.807, 2.05) is 0 Å². The molecule has 1 saturated heterocycles. The molecule has 0 bridgehead atoms. The first-order valence-electron chi connectivity index (χ1n) is 5.44. The highest BCUT2D eigenvalue weighted by atomic mass is 35.5. The molecular formula is C11H14ClNO3S. The molecule has 1 aliphatic rings. The van der Waals surface area contributed by atoms with Gasteiger partial charge in [-0.2, -0.15) is 4.31 Å². The summed E-state index contributed by atoms with van der Waals surface area (Å²) < 4.78 is 29.9. The highest BCUT2D eigenvalue weighted by molar-refractivity contribution is 7.89. The molecule has 0 radical (unpaired) electrons. The number of sulfonamides is 1. The van der Waals surface area contributed by atoms with Gasteiger partial charge in [0.15, 0.2) is 0 Å². The molecule has 1 heterocycles. The van der Waals surface area contributed by atoms with Gasteiger partial charge in [-0.3, -0.25) is 0 Å². The number of halogens is 1. The van der Waals surface area contributed by atoms with Crippen LogP contribution in [-0.4, -0.2) is 38.2 Å². The summed E-state index contributed by atoms with van der Waals surface area (Å²) in [5.74, 6) is 0.958. The van der Waals surface area contributed by atoms with Crippen LogP contribution in [0, 0.1) is 0 Å². The fraction of sp³-hybridized carbons (Fsp3) is 0.455. The van der Waals surface area contributed by atoms with Gasteiger partial charge in [-0.25, -0.2) is 8.42 Å². The average Bonchev–Trinajstić information content (AvgIpc) is 2.61. The molecule has 1 fully saturated rings. The van der Waals surface area contributed by atoms with Gasteiger partial charge in [-0.15, -0.1) is 0 Å². The number of nitrogens with zero attached hydrogens (tertiary/aromatic N) is 1. The second-order valence-electron chi connectivity index (χ2n) is 3.87. The second-order valence-corrected chi connectivity index (χ2v) is 6.40. The summed E-state index contributed by atoms with van der Waals surface area (Å²) in [6, 6.07) is 7.01. The third kappa shape index (κ3) is 3.34. The van der Waals surface area contributed by atoms with E-state index in [0.29, 0.717) is 36.9 Å². The van der Waals surface area contributed by atoms with Crippen LogP contribution in [0.2, 0.25) is 5.02 Å². The van der Waals surface area contributed by atoms with E-state index < -0.39 is 10.0 Å². The highest BCUT2D eigenvalue weighted by Crippen LogP contribution is 2.16. The molecule has 1 aromatic carbocycles. The van der Waals surface area contributed by atoms with E-state index in [1.54, 1.807) is 24.3 Å². The minimum absolute atomic E-state index is 0.258. The van der Waals surface area contributed by atoms with Crippen molar-refractivity contribution >= 4 is 21.6 Å². The molecule has 1 aromatic rings. The summed E-state index contributed by atoms with van der Waals surface area (Å²) in [7, 11) is -3.02. The number of benzene rings is 1. The Bertz CT molecular complexity index is 472. The van der Waals surface area contributed by atoms with Crippen molar-refractivity contribution in [2.24, 2.45) is 0 Å². The molecule has 0 aliphatic carbocycles. The monoisotopic (exact) mass is 275 g/mol. The molecule has 4 nitrogen and oxygen atoms in total. The Kier molecular flexibility index (Phi) is 3.91. The topological polar surface area (TPSA) is 46.6 Å². The van der Waals surface area contributed by atoms with Crippen molar-refractivity contribution in [1.29, 1.82) is 0 Å². The quantitative estimate of drug-likeness (QED) is 0.841. The summed E-state index contributed by atoms with van der Waals surface area (Å²) in [6.45, 7) is 1.37. The Hall–Kier alpha value is -0.780. The van der Waals surface area contributed by atoms with E-state index in [4.69, 9.17) is 16.3 Å². The van der Waals surface area contributed by atoms with Crippen molar-refractivity contribution in [3.63, 3.8) is 0 Å². The van der Waals surface area contributed by atoms with Crippen LogP contribution in [0.15, 0.2) is 24.3 Å². The minimum Gasteiger partial charge on any atom is -0.492 e. The van der Waals surface area contributed by atoms with Gasteiger partial charge in [0, 0.05) is 18.1 Å². The van der Waals surface area contributed by atoms with E-state index in [1.165, 1.54) is 4.31 Å². The second kappa shape index (κ2) is 5.25. The molecule has 1 aliphatic heterocycles. The Balaban J connectivity index is 1.82. The lowest BCUT2D eigenvalue weighted by Gasteiger charge is -2.14. The first-order chi connectivity index (χ1) is 8.08. The Morgan fingerprint density at radius 2 is 2.00 bits per heavy atom. The van der Waals surface area contributed by atoms with Gasteiger partial charge < -0.3 is 4.74 Å². The van der Waals surface area contributed by atoms with Gasteiger partial charge in [0.05, 0.1) is 5.75 Å². The van der Waals surface area contributed by atoms with E-state index in [2.05, 4.69) is 0 Å². The summed E-state index contributed by atoms with van der Waals surface area (Å²) >= 11 is 5.74. The van der Waals surface area contributed by atoms with Gasteiger partial charge in [-0.1, -0.05) is 11.6 Å². The average molecular weight is 276 g/mol. The Morgan fingerprint density at radius 3 is 2.59 bits per heavy atom. The van der Waals surface area contributed by atoms with E-state index in [0.717, 1.165) is 0 Å². The van der Waals surface area contributed by atoms with Crippen molar-refractivity contribution in [2.75, 3.05) is 25.4 Å². The van der Waals surface area contributed by atoms with Crippen molar-refractivity contribution in [1.82, 2.24) is 4.31 Å². The first kappa shape index (κ1) is 12.7. The predicted molar refractivity (Wildman–Crippen MR) is 66.9 cm³/mol. The maximum Gasteiger partial charge on any atom is 0.214 e. The maximum atomic E-state index is 11.5. The smallest absolute Gasteiger partial charge is 0.214 e. The van der Waals surface area contributed by atoms with Gasteiger partial charge in [0.1, 0.15) is 12.4 Å². The molecule has 17 heavy (non-hydrogen) atoms.